The van der Waals surface area contributed by atoms with Crippen molar-refractivity contribution in [1.82, 2.24) is 14.8 Å². The van der Waals surface area contributed by atoms with E-state index < -0.39 is 0 Å². The molecule has 3 heterocycles. The molecule has 19 heavy (non-hydrogen) atoms. The van der Waals surface area contributed by atoms with Crippen LogP contribution in [0.4, 0.5) is 0 Å². The summed E-state index contributed by atoms with van der Waals surface area (Å²) in [5.74, 6) is -0.179. The monoisotopic (exact) mass is 261 g/mol. The molecule has 3 rings (SSSR count). The van der Waals surface area contributed by atoms with E-state index in [1.54, 1.807) is 12.3 Å². The molecule has 2 aliphatic heterocycles. The molecule has 5 nitrogen and oxygen atoms in total. The lowest BCUT2D eigenvalue weighted by Crippen LogP contribution is -2.56. The number of pyridine rings is 1. The first-order valence-corrected chi connectivity index (χ1v) is 6.93. The number of fused-ring (bicyclic) bond motifs is 1. The number of amides is 1. The molecule has 5 heteroatoms. The largest absolute Gasteiger partial charge is 0.505 e. The molecule has 2 saturated heterocycles. The summed E-state index contributed by atoms with van der Waals surface area (Å²) in [6, 6.07) is 3.62. The molecule has 1 N–H and O–H groups in total. The maximum absolute atomic E-state index is 12.4. The average Bonchev–Trinajstić information content (AvgIpc) is 2.46. The van der Waals surface area contributed by atoms with Crippen molar-refractivity contribution < 1.29 is 9.90 Å². The van der Waals surface area contributed by atoms with Gasteiger partial charge in [0.05, 0.1) is 0 Å². The Morgan fingerprint density at radius 1 is 1.32 bits per heavy atom. The molecular formula is C14H19N3O2. The summed E-state index contributed by atoms with van der Waals surface area (Å²) in [6.45, 7) is 3.58. The number of piperidine rings is 1. The van der Waals surface area contributed by atoms with Crippen LogP contribution in [0.15, 0.2) is 18.3 Å². The highest BCUT2D eigenvalue weighted by Gasteiger charge is 2.32. The highest BCUT2D eigenvalue weighted by Crippen LogP contribution is 2.23. The number of rotatable bonds is 1. The van der Waals surface area contributed by atoms with E-state index in [2.05, 4.69) is 9.88 Å². The number of carbonyl (C=O) groups excluding carboxylic acids is 1. The fourth-order valence-corrected chi connectivity index (χ4v) is 3.05. The van der Waals surface area contributed by atoms with Crippen LogP contribution in [0.1, 0.15) is 29.8 Å². The minimum absolute atomic E-state index is 0.0291. The van der Waals surface area contributed by atoms with E-state index in [9.17, 15) is 9.90 Å². The van der Waals surface area contributed by atoms with E-state index in [-0.39, 0.29) is 17.4 Å². The zero-order valence-corrected chi connectivity index (χ0v) is 11.0. The second-order valence-electron chi connectivity index (χ2n) is 5.31. The van der Waals surface area contributed by atoms with Gasteiger partial charge in [-0.2, -0.15) is 0 Å². The summed E-state index contributed by atoms with van der Waals surface area (Å²) in [4.78, 5) is 20.7. The van der Waals surface area contributed by atoms with Crippen molar-refractivity contribution in [1.29, 1.82) is 0 Å². The van der Waals surface area contributed by atoms with E-state index in [1.165, 1.54) is 18.9 Å². The molecule has 1 amide bonds. The summed E-state index contributed by atoms with van der Waals surface area (Å²) in [5, 5.41) is 9.72. The first-order valence-electron chi connectivity index (χ1n) is 6.93. The summed E-state index contributed by atoms with van der Waals surface area (Å²) in [5.41, 5.74) is 0.173. The molecule has 1 aromatic heterocycles. The number of nitrogens with zero attached hydrogens (tertiary/aromatic N) is 3. The minimum atomic E-state index is -0.150. The Morgan fingerprint density at radius 3 is 3.05 bits per heavy atom. The average molecular weight is 261 g/mol. The maximum Gasteiger partial charge on any atom is 0.276 e. The Balaban J connectivity index is 1.73. The van der Waals surface area contributed by atoms with Gasteiger partial charge in [-0.15, -0.1) is 0 Å². The van der Waals surface area contributed by atoms with Crippen molar-refractivity contribution in [3.63, 3.8) is 0 Å². The van der Waals surface area contributed by atoms with Crippen molar-refractivity contribution in [2.45, 2.75) is 25.3 Å². The second kappa shape index (κ2) is 5.17. The number of carbonyl (C=O) groups is 1. The molecule has 1 atom stereocenters. The molecule has 0 spiro atoms. The van der Waals surface area contributed by atoms with Crippen LogP contribution in [-0.2, 0) is 0 Å². The second-order valence-corrected chi connectivity index (χ2v) is 5.31. The summed E-state index contributed by atoms with van der Waals surface area (Å²) >= 11 is 0. The Morgan fingerprint density at radius 2 is 2.21 bits per heavy atom. The SMILES string of the molecule is O=C(c1ncccc1O)N1CCN2CCCCC2C1. The van der Waals surface area contributed by atoms with Crippen LogP contribution < -0.4 is 0 Å². The molecule has 1 aromatic rings. The molecule has 0 aromatic carbocycles. The van der Waals surface area contributed by atoms with Gasteiger partial charge in [0.2, 0.25) is 0 Å². The molecule has 2 aliphatic rings. The smallest absolute Gasteiger partial charge is 0.276 e. The predicted molar refractivity (Wildman–Crippen MR) is 71.0 cm³/mol. The number of hydrogen-bond donors (Lipinski definition) is 1. The Bertz CT molecular complexity index is 478. The van der Waals surface area contributed by atoms with E-state index in [0.717, 1.165) is 32.6 Å². The van der Waals surface area contributed by atoms with Crippen molar-refractivity contribution in [2.75, 3.05) is 26.2 Å². The minimum Gasteiger partial charge on any atom is -0.505 e. The normalized spacial score (nSPS) is 24.0. The predicted octanol–water partition coefficient (Wildman–Crippen LogP) is 1.10. The fourth-order valence-electron chi connectivity index (χ4n) is 3.05. The maximum atomic E-state index is 12.4. The quantitative estimate of drug-likeness (QED) is 0.822. The zero-order chi connectivity index (χ0) is 13.2. The van der Waals surface area contributed by atoms with Gasteiger partial charge in [-0.25, -0.2) is 4.98 Å². The summed E-state index contributed by atoms with van der Waals surface area (Å²) in [6.07, 6.45) is 5.23. The van der Waals surface area contributed by atoms with Gasteiger partial charge in [-0.1, -0.05) is 6.42 Å². The number of aromatic nitrogens is 1. The van der Waals surface area contributed by atoms with Crippen LogP contribution in [-0.4, -0.2) is 58.0 Å². The van der Waals surface area contributed by atoms with Crippen LogP contribution in [0.2, 0.25) is 0 Å². The molecule has 0 aliphatic carbocycles. The highest BCUT2D eigenvalue weighted by atomic mass is 16.3. The third-order valence-electron chi connectivity index (χ3n) is 4.11. The topological polar surface area (TPSA) is 56.7 Å². The molecule has 0 saturated carbocycles. The highest BCUT2D eigenvalue weighted by molar-refractivity contribution is 5.94. The van der Waals surface area contributed by atoms with Crippen LogP contribution in [0.25, 0.3) is 0 Å². The van der Waals surface area contributed by atoms with Crippen LogP contribution in [0, 0.1) is 0 Å². The Labute approximate surface area is 112 Å². The fraction of sp³-hybridized carbons (Fsp3) is 0.571. The lowest BCUT2D eigenvalue weighted by Gasteiger charge is -2.43. The summed E-state index contributed by atoms with van der Waals surface area (Å²) in [7, 11) is 0. The lowest BCUT2D eigenvalue weighted by atomic mass is 9.99. The van der Waals surface area contributed by atoms with Gasteiger partial charge >= 0.3 is 0 Å². The molecule has 0 radical (unpaired) electrons. The van der Waals surface area contributed by atoms with E-state index in [0.29, 0.717) is 6.04 Å². The molecular weight excluding hydrogens is 242 g/mol. The van der Waals surface area contributed by atoms with E-state index in [4.69, 9.17) is 0 Å². The van der Waals surface area contributed by atoms with Crippen molar-refractivity contribution in [2.24, 2.45) is 0 Å². The van der Waals surface area contributed by atoms with Gasteiger partial charge in [0, 0.05) is 31.9 Å². The standard InChI is InChI=1S/C14H19N3O2/c18-12-5-3-6-15-13(12)14(19)17-9-8-16-7-2-1-4-11(16)10-17/h3,5-6,11,18H,1-2,4,7-10H2. The molecule has 1 unspecified atom stereocenters. The van der Waals surface area contributed by atoms with Crippen molar-refractivity contribution in [3.8, 4) is 5.75 Å². The molecule has 102 valence electrons. The zero-order valence-electron chi connectivity index (χ0n) is 11.0. The first kappa shape index (κ1) is 12.4. The van der Waals surface area contributed by atoms with Gasteiger partial charge < -0.3 is 10.0 Å². The molecule has 2 fully saturated rings. The van der Waals surface area contributed by atoms with Gasteiger partial charge in [-0.05, 0) is 31.5 Å². The van der Waals surface area contributed by atoms with Gasteiger partial charge in [0.25, 0.3) is 5.91 Å². The Kier molecular flexibility index (Phi) is 3.38. The van der Waals surface area contributed by atoms with Crippen molar-refractivity contribution >= 4 is 5.91 Å². The summed E-state index contributed by atoms with van der Waals surface area (Å²) < 4.78 is 0. The first-order chi connectivity index (χ1) is 9.25. The van der Waals surface area contributed by atoms with Crippen LogP contribution in [0.5, 0.6) is 5.75 Å². The number of aromatic hydroxyl groups is 1. The van der Waals surface area contributed by atoms with E-state index in [1.807, 2.05) is 4.90 Å². The number of piperazine rings is 1. The van der Waals surface area contributed by atoms with Gasteiger partial charge in [0.1, 0.15) is 5.75 Å². The Hall–Kier alpha value is -1.62. The van der Waals surface area contributed by atoms with Crippen LogP contribution >= 0.6 is 0 Å². The van der Waals surface area contributed by atoms with Crippen LogP contribution in [0.3, 0.4) is 0 Å². The third kappa shape index (κ3) is 2.42. The third-order valence-corrected chi connectivity index (χ3v) is 4.11. The van der Waals surface area contributed by atoms with Gasteiger partial charge in [-0.3, -0.25) is 9.69 Å². The van der Waals surface area contributed by atoms with Crippen molar-refractivity contribution in [3.05, 3.63) is 24.0 Å². The lowest BCUT2D eigenvalue weighted by molar-refractivity contribution is 0.0366. The number of hydrogen-bond acceptors (Lipinski definition) is 4. The van der Waals surface area contributed by atoms with E-state index >= 15 is 0 Å². The molecule has 0 bridgehead atoms. The van der Waals surface area contributed by atoms with Gasteiger partial charge in [0.15, 0.2) is 5.69 Å².